The van der Waals surface area contributed by atoms with E-state index in [9.17, 15) is 5.11 Å². The Morgan fingerprint density at radius 2 is 2.00 bits per heavy atom. The average molecular weight is 258 g/mol. The van der Waals surface area contributed by atoms with Gasteiger partial charge < -0.3 is 10.4 Å². The molecule has 0 radical (unpaired) electrons. The van der Waals surface area contributed by atoms with Crippen molar-refractivity contribution in [1.82, 2.24) is 9.97 Å². The summed E-state index contributed by atoms with van der Waals surface area (Å²) in [6.07, 6.45) is 0.736. The van der Waals surface area contributed by atoms with E-state index in [1.54, 1.807) is 0 Å². The van der Waals surface area contributed by atoms with Crippen LogP contribution in [0.4, 0.5) is 5.82 Å². The first-order valence-corrected chi connectivity index (χ1v) is 6.27. The molecule has 0 spiro atoms. The zero-order valence-corrected chi connectivity index (χ0v) is 11.5. The Morgan fingerprint density at radius 1 is 1.35 bits per heavy atom. The summed E-state index contributed by atoms with van der Waals surface area (Å²) in [6, 6.07) is -0.0237. The molecule has 0 bridgehead atoms. The van der Waals surface area contributed by atoms with Crippen molar-refractivity contribution in [3.8, 4) is 0 Å². The summed E-state index contributed by atoms with van der Waals surface area (Å²) in [7, 11) is 0. The summed E-state index contributed by atoms with van der Waals surface area (Å²) in [6.45, 7) is 8.02. The number of nitrogens with zero attached hydrogens (tertiary/aromatic N) is 2. The van der Waals surface area contributed by atoms with Crippen molar-refractivity contribution in [3.05, 3.63) is 16.5 Å². The lowest BCUT2D eigenvalue weighted by Gasteiger charge is -2.22. The minimum absolute atomic E-state index is 0.0237. The van der Waals surface area contributed by atoms with Crippen molar-refractivity contribution in [3.63, 3.8) is 0 Å². The second kappa shape index (κ2) is 6.17. The maximum Gasteiger partial charge on any atom is 0.137 e. The molecule has 0 aromatic carbocycles. The number of nitrogens with one attached hydrogen (secondary N) is 1. The van der Waals surface area contributed by atoms with E-state index in [0.29, 0.717) is 16.9 Å². The molecule has 0 aliphatic heterocycles. The summed E-state index contributed by atoms with van der Waals surface area (Å²) in [5.74, 6) is 1.75. The summed E-state index contributed by atoms with van der Waals surface area (Å²) in [5, 5.41) is 13.0. The highest BCUT2D eigenvalue weighted by molar-refractivity contribution is 6.30. The van der Waals surface area contributed by atoms with E-state index in [0.717, 1.165) is 17.8 Å². The van der Waals surface area contributed by atoms with Crippen LogP contribution in [0.5, 0.6) is 0 Å². The zero-order chi connectivity index (χ0) is 13.0. The highest BCUT2D eigenvalue weighted by atomic mass is 35.5. The molecular weight excluding hydrogens is 238 g/mol. The molecule has 1 aromatic rings. The van der Waals surface area contributed by atoms with Crippen molar-refractivity contribution < 1.29 is 5.11 Å². The third-order valence-corrected chi connectivity index (χ3v) is 3.14. The van der Waals surface area contributed by atoms with Gasteiger partial charge in [0.1, 0.15) is 16.8 Å². The Kier molecular flexibility index (Phi) is 5.15. The van der Waals surface area contributed by atoms with Gasteiger partial charge in [-0.3, -0.25) is 0 Å². The second-order valence-corrected chi connectivity index (χ2v) is 4.79. The molecule has 1 heterocycles. The van der Waals surface area contributed by atoms with Gasteiger partial charge in [-0.25, -0.2) is 9.97 Å². The second-order valence-electron chi connectivity index (χ2n) is 4.44. The van der Waals surface area contributed by atoms with Gasteiger partial charge in [-0.2, -0.15) is 0 Å². The number of aryl methyl sites for hydroxylation is 1. The zero-order valence-electron chi connectivity index (χ0n) is 10.8. The molecule has 5 heteroatoms. The van der Waals surface area contributed by atoms with Crippen LogP contribution in [-0.4, -0.2) is 27.7 Å². The van der Waals surface area contributed by atoms with Crippen LogP contribution in [-0.2, 0) is 6.42 Å². The van der Waals surface area contributed by atoms with Gasteiger partial charge >= 0.3 is 0 Å². The van der Waals surface area contributed by atoms with Crippen molar-refractivity contribution in [1.29, 1.82) is 0 Å². The molecule has 0 amide bonds. The van der Waals surface area contributed by atoms with Crippen LogP contribution in [0.25, 0.3) is 0 Å². The molecule has 0 unspecified atom stereocenters. The third-order valence-electron chi connectivity index (χ3n) is 2.77. The molecule has 1 rings (SSSR count). The molecule has 1 atom stereocenters. The standard InChI is InChI=1S/C12H20ClN3O/c1-5-10-15-11(13)8(4)12(16-10)14-9(6-17)7(2)3/h7,9,17H,5-6H2,1-4H3,(H,14,15,16)/t9-/m1/s1. The topological polar surface area (TPSA) is 58.0 Å². The van der Waals surface area contributed by atoms with Gasteiger partial charge in [-0.15, -0.1) is 0 Å². The van der Waals surface area contributed by atoms with E-state index in [4.69, 9.17) is 11.6 Å². The molecule has 96 valence electrons. The van der Waals surface area contributed by atoms with Crippen molar-refractivity contribution >= 4 is 17.4 Å². The van der Waals surface area contributed by atoms with Gasteiger partial charge in [0.15, 0.2) is 0 Å². The van der Waals surface area contributed by atoms with E-state index >= 15 is 0 Å². The van der Waals surface area contributed by atoms with Crippen molar-refractivity contribution in [2.24, 2.45) is 5.92 Å². The number of rotatable bonds is 5. The Morgan fingerprint density at radius 3 is 2.47 bits per heavy atom. The van der Waals surface area contributed by atoms with Crippen LogP contribution in [0.15, 0.2) is 0 Å². The summed E-state index contributed by atoms with van der Waals surface area (Å²) in [4.78, 5) is 8.59. The third kappa shape index (κ3) is 3.54. The Bertz CT molecular complexity index is 382. The van der Waals surface area contributed by atoms with E-state index in [1.165, 1.54) is 0 Å². The number of halogens is 1. The lowest BCUT2D eigenvalue weighted by atomic mass is 10.1. The highest BCUT2D eigenvalue weighted by Crippen LogP contribution is 2.21. The smallest absolute Gasteiger partial charge is 0.137 e. The first kappa shape index (κ1) is 14.2. The van der Waals surface area contributed by atoms with Gasteiger partial charge in [0.05, 0.1) is 12.6 Å². The van der Waals surface area contributed by atoms with Crippen LogP contribution in [0.2, 0.25) is 5.15 Å². The molecule has 0 aliphatic rings. The van der Waals surface area contributed by atoms with Gasteiger partial charge in [-0.05, 0) is 12.8 Å². The highest BCUT2D eigenvalue weighted by Gasteiger charge is 2.15. The van der Waals surface area contributed by atoms with E-state index < -0.39 is 0 Å². The summed E-state index contributed by atoms with van der Waals surface area (Å²) >= 11 is 6.05. The fourth-order valence-electron chi connectivity index (χ4n) is 1.43. The lowest BCUT2D eigenvalue weighted by molar-refractivity contribution is 0.249. The molecular formula is C12H20ClN3O. The van der Waals surface area contributed by atoms with Crippen molar-refractivity contribution in [2.45, 2.75) is 40.2 Å². The first-order chi connectivity index (χ1) is 7.99. The van der Waals surface area contributed by atoms with E-state index in [-0.39, 0.29) is 12.6 Å². The summed E-state index contributed by atoms with van der Waals surface area (Å²) in [5.41, 5.74) is 0.822. The van der Waals surface area contributed by atoms with Gasteiger partial charge in [0.25, 0.3) is 0 Å². The van der Waals surface area contributed by atoms with Crippen LogP contribution < -0.4 is 5.32 Å². The normalized spacial score (nSPS) is 12.9. The Hall–Kier alpha value is -0.870. The largest absolute Gasteiger partial charge is 0.394 e. The molecule has 17 heavy (non-hydrogen) atoms. The predicted octanol–water partition coefficient (Wildman–Crippen LogP) is 2.43. The van der Waals surface area contributed by atoms with Crippen LogP contribution in [0.1, 0.15) is 32.2 Å². The Labute approximate surface area is 107 Å². The van der Waals surface area contributed by atoms with E-state index in [1.807, 2.05) is 27.7 Å². The molecule has 0 saturated carbocycles. The van der Waals surface area contributed by atoms with Gasteiger partial charge in [-0.1, -0.05) is 32.4 Å². The molecule has 1 aromatic heterocycles. The minimum atomic E-state index is -0.0237. The average Bonchev–Trinajstić information content (AvgIpc) is 2.30. The number of hydrogen-bond donors (Lipinski definition) is 2. The molecule has 0 aliphatic carbocycles. The fourth-order valence-corrected chi connectivity index (χ4v) is 1.62. The minimum Gasteiger partial charge on any atom is -0.394 e. The quantitative estimate of drug-likeness (QED) is 0.796. The predicted molar refractivity (Wildman–Crippen MR) is 70.5 cm³/mol. The molecule has 2 N–H and O–H groups in total. The molecule has 4 nitrogen and oxygen atoms in total. The van der Waals surface area contributed by atoms with Crippen molar-refractivity contribution in [2.75, 3.05) is 11.9 Å². The number of aromatic nitrogens is 2. The lowest BCUT2D eigenvalue weighted by Crippen LogP contribution is -2.30. The molecule has 0 saturated heterocycles. The first-order valence-electron chi connectivity index (χ1n) is 5.90. The monoisotopic (exact) mass is 257 g/mol. The van der Waals surface area contributed by atoms with Crippen LogP contribution in [0, 0.1) is 12.8 Å². The van der Waals surface area contributed by atoms with E-state index in [2.05, 4.69) is 15.3 Å². The number of aliphatic hydroxyl groups excluding tert-OH is 1. The fraction of sp³-hybridized carbons (Fsp3) is 0.667. The summed E-state index contributed by atoms with van der Waals surface area (Å²) < 4.78 is 0. The SMILES string of the molecule is CCc1nc(Cl)c(C)c(N[C@H](CO)C(C)C)n1. The van der Waals surface area contributed by atoms with Gasteiger partial charge in [0.2, 0.25) is 0 Å². The number of anilines is 1. The maximum absolute atomic E-state index is 9.31. The number of hydrogen-bond acceptors (Lipinski definition) is 4. The number of aliphatic hydroxyl groups is 1. The maximum atomic E-state index is 9.31. The molecule has 0 fully saturated rings. The van der Waals surface area contributed by atoms with Gasteiger partial charge in [0, 0.05) is 12.0 Å². The Balaban J connectivity index is 3.00. The van der Waals surface area contributed by atoms with Crippen LogP contribution >= 0.6 is 11.6 Å². The van der Waals surface area contributed by atoms with Crippen LogP contribution in [0.3, 0.4) is 0 Å².